The number of esters is 2. The van der Waals surface area contributed by atoms with Crippen LogP contribution in [-0.2, 0) is 19.1 Å². The maximum atomic E-state index is 12.5. The topological polar surface area (TPSA) is 52.6 Å². The predicted molar refractivity (Wildman–Crippen MR) is 73.3 cm³/mol. The van der Waals surface area contributed by atoms with Gasteiger partial charge in [-0.3, -0.25) is 9.59 Å². The van der Waals surface area contributed by atoms with Gasteiger partial charge < -0.3 is 9.47 Å². The molecule has 1 spiro atoms. The van der Waals surface area contributed by atoms with Crippen molar-refractivity contribution >= 4 is 23.5 Å². The molecule has 1 heterocycles. The van der Waals surface area contributed by atoms with Crippen molar-refractivity contribution in [3.63, 3.8) is 0 Å². The number of hydrogen-bond donors (Lipinski definition) is 0. The van der Waals surface area contributed by atoms with E-state index in [1.165, 1.54) is 0 Å². The number of rotatable bonds is 2. The summed E-state index contributed by atoms with van der Waals surface area (Å²) in [7, 11) is 0. The molecule has 4 atom stereocenters. The average Bonchev–Trinajstić information content (AvgIpc) is 2.59. The van der Waals surface area contributed by atoms with Crippen LogP contribution in [0.5, 0.6) is 0 Å². The number of hydrogen-bond acceptors (Lipinski definition) is 4. The van der Waals surface area contributed by atoms with Gasteiger partial charge in [-0.2, -0.15) is 0 Å². The van der Waals surface area contributed by atoms with E-state index in [0.29, 0.717) is 5.92 Å². The van der Waals surface area contributed by atoms with E-state index in [9.17, 15) is 9.59 Å². The normalized spacial score (nSPS) is 41.8. The summed E-state index contributed by atoms with van der Waals surface area (Å²) in [5, 5.41) is 0. The van der Waals surface area contributed by atoms with Crippen molar-refractivity contribution in [1.82, 2.24) is 0 Å². The first-order valence-corrected chi connectivity index (χ1v) is 7.89. The molecule has 4 unspecified atom stereocenters. The largest absolute Gasteiger partial charge is 0.461 e. The molecule has 0 aromatic carbocycles. The third kappa shape index (κ3) is 2.12. The molecule has 1 aliphatic heterocycles. The fourth-order valence-electron chi connectivity index (χ4n) is 4.68. The molecular formula is C15H21ClO4. The Bertz CT molecular complexity index is 447. The highest BCUT2D eigenvalue weighted by molar-refractivity contribution is 6.26. The molecule has 2 bridgehead atoms. The van der Waals surface area contributed by atoms with E-state index in [4.69, 9.17) is 21.1 Å². The lowest BCUT2D eigenvalue weighted by Gasteiger charge is -2.51. The van der Waals surface area contributed by atoms with E-state index >= 15 is 0 Å². The molecule has 4 fully saturated rings. The summed E-state index contributed by atoms with van der Waals surface area (Å²) < 4.78 is 11.1. The first kappa shape index (κ1) is 14.2. The van der Waals surface area contributed by atoms with Crippen molar-refractivity contribution in [2.75, 3.05) is 5.88 Å². The SMILES string of the molecule is CC1(C)CC2(CC3CCC2C(OC(=O)CCl)C3)C(=O)O1. The standard InChI is InChI=1S/C15H21ClO4/c1-14(2)8-15(13(18)20-14)6-9-3-4-10(15)11(5-9)19-12(17)7-16/h9-11H,3-8H2,1-2H3. The monoisotopic (exact) mass is 300 g/mol. The first-order valence-electron chi connectivity index (χ1n) is 7.35. The summed E-state index contributed by atoms with van der Waals surface area (Å²) in [6.45, 7) is 3.92. The van der Waals surface area contributed by atoms with Gasteiger partial charge in [-0.1, -0.05) is 0 Å². The number of ether oxygens (including phenoxy) is 2. The van der Waals surface area contributed by atoms with Crippen molar-refractivity contribution in [3.05, 3.63) is 0 Å². The maximum absolute atomic E-state index is 12.5. The van der Waals surface area contributed by atoms with Crippen LogP contribution in [0.4, 0.5) is 0 Å². The van der Waals surface area contributed by atoms with Crippen molar-refractivity contribution in [2.24, 2.45) is 17.3 Å². The van der Waals surface area contributed by atoms with Gasteiger partial charge in [0.2, 0.25) is 0 Å². The Kier molecular flexibility index (Phi) is 3.27. The molecule has 20 heavy (non-hydrogen) atoms. The predicted octanol–water partition coefficient (Wildman–Crippen LogP) is 2.67. The Morgan fingerprint density at radius 2 is 2.20 bits per heavy atom. The van der Waals surface area contributed by atoms with Crippen LogP contribution >= 0.6 is 11.6 Å². The third-order valence-corrected chi connectivity index (χ3v) is 5.39. The van der Waals surface area contributed by atoms with Crippen LogP contribution in [0.1, 0.15) is 46.0 Å². The molecule has 0 aromatic rings. The Balaban J connectivity index is 1.86. The highest BCUT2D eigenvalue weighted by atomic mass is 35.5. The number of alkyl halides is 1. The summed E-state index contributed by atoms with van der Waals surface area (Å²) in [5.41, 5.74) is -0.850. The highest BCUT2D eigenvalue weighted by Crippen LogP contribution is 2.60. The molecule has 3 saturated carbocycles. The lowest BCUT2D eigenvalue weighted by atomic mass is 9.53. The molecule has 4 rings (SSSR count). The summed E-state index contributed by atoms with van der Waals surface area (Å²) in [5.74, 6) is -0.0612. The highest BCUT2D eigenvalue weighted by Gasteiger charge is 2.63. The van der Waals surface area contributed by atoms with Crippen LogP contribution in [0, 0.1) is 17.3 Å². The molecule has 0 aromatic heterocycles. The number of halogens is 1. The molecule has 0 amide bonds. The van der Waals surface area contributed by atoms with E-state index in [2.05, 4.69) is 0 Å². The van der Waals surface area contributed by atoms with E-state index in [1.54, 1.807) is 0 Å². The zero-order chi connectivity index (χ0) is 14.5. The quantitative estimate of drug-likeness (QED) is 0.581. The lowest BCUT2D eigenvalue weighted by Crippen LogP contribution is -2.53. The van der Waals surface area contributed by atoms with E-state index in [1.807, 2.05) is 13.8 Å². The minimum Gasteiger partial charge on any atom is -0.461 e. The number of fused-ring (bicyclic) bond motifs is 2. The zero-order valence-corrected chi connectivity index (χ0v) is 12.7. The molecule has 5 heteroatoms. The number of carbonyl (C=O) groups is 2. The molecule has 3 aliphatic carbocycles. The average molecular weight is 301 g/mol. The summed E-state index contributed by atoms with van der Waals surface area (Å²) in [6, 6.07) is 0. The summed E-state index contributed by atoms with van der Waals surface area (Å²) >= 11 is 5.53. The van der Waals surface area contributed by atoms with Crippen molar-refractivity contribution < 1.29 is 19.1 Å². The van der Waals surface area contributed by atoms with Crippen molar-refractivity contribution in [3.8, 4) is 0 Å². The van der Waals surface area contributed by atoms with Crippen LogP contribution in [0.3, 0.4) is 0 Å². The minimum atomic E-state index is -0.443. The number of carbonyl (C=O) groups excluding carboxylic acids is 2. The van der Waals surface area contributed by atoms with E-state index in [0.717, 1.165) is 32.1 Å². The van der Waals surface area contributed by atoms with Gasteiger partial charge in [-0.15, -0.1) is 11.6 Å². The Hall–Kier alpha value is -0.770. The maximum Gasteiger partial charge on any atom is 0.321 e. The third-order valence-electron chi connectivity index (χ3n) is 5.17. The molecule has 0 N–H and O–H groups in total. The number of cyclic esters (lactones) is 1. The van der Waals surface area contributed by atoms with E-state index in [-0.39, 0.29) is 29.8 Å². The fraction of sp³-hybridized carbons (Fsp3) is 0.867. The molecule has 0 radical (unpaired) electrons. The Morgan fingerprint density at radius 3 is 2.75 bits per heavy atom. The van der Waals surface area contributed by atoms with E-state index < -0.39 is 11.0 Å². The second-order valence-electron chi connectivity index (χ2n) is 7.13. The van der Waals surface area contributed by atoms with Gasteiger partial charge >= 0.3 is 11.9 Å². The van der Waals surface area contributed by atoms with Crippen molar-refractivity contribution in [2.45, 2.75) is 57.7 Å². The minimum absolute atomic E-state index is 0.0916. The fourth-order valence-corrected chi connectivity index (χ4v) is 4.75. The second kappa shape index (κ2) is 4.62. The smallest absolute Gasteiger partial charge is 0.321 e. The zero-order valence-electron chi connectivity index (χ0n) is 12.0. The molecular weight excluding hydrogens is 280 g/mol. The Labute approximate surface area is 124 Å². The summed E-state index contributed by atoms with van der Waals surface area (Å²) in [6.07, 6.45) is 4.37. The van der Waals surface area contributed by atoms with Gasteiger partial charge in [-0.05, 0) is 45.4 Å². The van der Waals surface area contributed by atoms with Crippen LogP contribution in [0.25, 0.3) is 0 Å². The van der Waals surface area contributed by atoms with Gasteiger partial charge in [0.1, 0.15) is 17.6 Å². The Morgan fingerprint density at radius 1 is 1.45 bits per heavy atom. The lowest BCUT2D eigenvalue weighted by molar-refractivity contribution is -0.176. The molecule has 1 saturated heterocycles. The molecule has 4 aliphatic rings. The van der Waals surface area contributed by atoms with Crippen molar-refractivity contribution in [1.29, 1.82) is 0 Å². The van der Waals surface area contributed by atoms with Crippen LogP contribution in [0.2, 0.25) is 0 Å². The van der Waals surface area contributed by atoms with Gasteiger partial charge in [0.15, 0.2) is 0 Å². The van der Waals surface area contributed by atoms with Gasteiger partial charge in [0.25, 0.3) is 0 Å². The first-order chi connectivity index (χ1) is 9.36. The van der Waals surface area contributed by atoms with Crippen LogP contribution in [0.15, 0.2) is 0 Å². The summed E-state index contributed by atoms with van der Waals surface area (Å²) in [4.78, 5) is 24.0. The van der Waals surface area contributed by atoms with Gasteiger partial charge in [-0.25, -0.2) is 0 Å². The van der Waals surface area contributed by atoms with Crippen LogP contribution in [-0.4, -0.2) is 29.5 Å². The van der Waals surface area contributed by atoms with Gasteiger partial charge in [0.05, 0.1) is 5.41 Å². The molecule has 112 valence electrons. The second-order valence-corrected chi connectivity index (χ2v) is 7.40. The van der Waals surface area contributed by atoms with Gasteiger partial charge in [0, 0.05) is 12.3 Å². The molecule has 4 nitrogen and oxygen atoms in total. The van der Waals surface area contributed by atoms with Crippen LogP contribution < -0.4 is 0 Å².